The van der Waals surface area contributed by atoms with Gasteiger partial charge in [0.1, 0.15) is 0 Å². The van der Waals surface area contributed by atoms with Crippen molar-refractivity contribution in [3.05, 3.63) is 76.9 Å². The van der Waals surface area contributed by atoms with Gasteiger partial charge in [-0.15, -0.1) is 0 Å². The molecule has 2 aliphatic rings. The predicted octanol–water partition coefficient (Wildman–Crippen LogP) is 4.94. The molecule has 1 aliphatic heterocycles. The van der Waals surface area contributed by atoms with E-state index in [1.807, 2.05) is 12.1 Å². The summed E-state index contributed by atoms with van der Waals surface area (Å²) in [6.07, 6.45) is 6.05. The van der Waals surface area contributed by atoms with Gasteiger partial charge >= 0.3 is 0 Å². The van der Waals surface area contributed by atoms with Gasteiger partial charge in [-0.05, 0) is 63.2 Å². The summed E-state index contributed by atoms with van der Waals surface area (Å²) in [5, 5.41) is 3.91. The van der Waals surface area contributed by atoms with E-state index >= 15 is 0 Å². The second-order valence-electron chi connectivity index (χ2n) is 8.72. The first kappa shape index (κ1) is 20.1. The summed E-state index contributed by atoms with van der Waals surface area (Å²) in [6.45, 7) is 7.16. The average molecular weight is 389 g/mol. The van der Waals surface area contributed by atoms with Crippen LogP contribution in [0.15, 0.2) is 60.2 Å². The molecule has 0 aromatic heterocycles. The van der Waals surface area contributed by atoms with Crippen molar-refractivity contribution in [1.29, 1.82) is 0 Å². The minimum atomic E-state index is 0.135. The fourth-order valence-electron chi connectivity index (χ4n) is 4.47. The van der Waals surface area contributed by atoms with Gasteiger partial charge in [0.25, 0.3) is 0 Å². The molecule has 1 aliphatic carbocycles. The lowest BCUT2D eigenvalue weighted by Crippen LogP contribution is -2.43. The van der Waals surface area contributed by atoms with E-state index < -0.39 is 0 Å². The van der Waals surface area contributed by atoms with Gasteiger partial charge in [-0.1, -0.05) is 66.2 Å². The molecule has 0 radical (unpaired) electrons. The lowest BCUT2D eigenvalue weighted by molar-refractivity contribution is 0.101. The second-order valence-corrected chi connectivity index (χ2v) is 8.72. The zero-order chi connectivity index (χ0) is 20.2. The Labute approximate surface area is 174 Å². The molecule has 1 saturated heterocycles. The molecule has 0 unspecified atom stereocenters. The second kappa shape index (κ2) is 9.06. The van der Waals surface area contributed by atoms with E-state index in [1.54, 1.807) is 6.92 Å². The van der Waals surface area contributed by atoms with E-state index in [-0.39, 0.29) is 5.78 Å². The van der Waals surface area contributed by atoms with E-state index in [0.717, 1.165) is 25.2 Å². The molecule has 1 saturated carbocycles. The molecule has 0 bridgehead atoms. The van der Waals surface area contributed by atoms with Crippen LogP contribution < -0.4 is 5.32 Å². The van der Waals surface area contributed by atoms with Crippen molar-refractivity contribution in [2.24, 2.45) is 5.92 Å². The molecule has 3 heteroatoms. The molecule has 2 fully saturated rings. The molecule has 1 N–H and O–H groups in total. The number of Topliss-reactive ketones (excluding diaryl/α,β-unsaturated/α-hetero) is 1. The quantitative estimate of drug-likeness (QED) is 0.682. The molecule has 2 aromatic carbocycles. The number of piperidine rings is 1. The number of benzene rings is 2. The van der Waals surface area contributed by atoms with Crippen molar-refractivity contribution in [3.8, 4) is 0 Å². The van der Waals surface area contributed by atoms with Crippen LogP contribution in [0.2, 0.25) is 0 Å². The SMILES string of the molecule is CC(=O)c1ccc(CN2CCC(N[C@@H]3C[C@H]3/C(C)=C/c3ccccc3)CC2)cc1. The molecule has 4 rings (SSSR count). The highest BCUT2D eigenvalue weighted by Gasteiger charge is 2.39. The molecular weight excluding hydrogens is 356 g/mol. The summed E-state index contributed by atoms with van der Waals surface area (Å²) in [4.78, 5) is 13.9. The van der Waals surface area contributed by atoms with E-state index in [4.69, 9.17) is 0 Å². The average Bonchev–Trinajstić information content (AvgIpc) is 3.50. The Bertz CT molecular complexity index is 848. The summed E-state index contributed by atoms with van der Waals surface area (Å²) < 4.78 is 0. The predicted molar refractivity (Wildman–Crippen MR) is 120 cm³/mol. The summed E-state index contributed by atoms with van der Waals surface area (Å²) in [7, 11) is 0. The third-order valence-electron chi connectivity index (χ3n) is 6.37. The Hall–Kier alpha value is -2.23. The van der Waals surface area contributed by atoms with Crippen molar-refractivity contribution < 1.29 is 4.79 Å². The molecule has 0 amide bonds. The van der Waals surface area contributed by atoms with Crippen molar-refractivity contribution in [2.45, 2.75) is 51.7 Å². The highest BCUT2D eigenvalue weighted by Crippen LogP contribution is 2.38. The lowest BCUT2D eigenvalue weighted by Gasteiger charge is -2.32. The minimum absolute atomic E-state index is 0.135. The van der Waals surface area contributed by atoms with Crippen molar-refractivity contribution in [3.63, 3.8) is 0 Å². The van der Waals surface area contributed by atoms with Crippen molar-refractivity contribution >= 4 is 11.9 Å². The number of rotatable bonds is 7. The maximum atomic E-state index is 11.4. The Morgan fingerprint density at radius 3 is 2.38 bits per heavy atom. The fraction of sp³-hybridized carbons (Fsp3) is 0.423. The molecule has 0 spiro atoms. The third kappa shape index (κ3) is 5.43. The van der Waals surface area contributed by atoms with Crippen LogP contribution in [-0.2, 0) is 6.54 Å². The van der Waals surface area contributed by atoms with Gasteiger partial charge in [-0.2, -0.15) is 0 Å². The van der Waals surface area contributed by atoms with Crippen LogP contribution in [0.3, 0.4) is 0 Å². The molecule has 2 aromatic rings. The van der Waals surface area contributed by atoms with Crippen LogP contribution in [0, 0.1) is 5.92 Å². The van der Waals surface area contributed by atoms with Crippen LogP contribution in [-0.4, -0.2) is 35.9 Å². The molecule has 1 heterocycles. The Morgan fingerprint density at radius 2 is 1.72 bits per heavy atom. The van der Waals surface area contributed by atoms with Crippen LogP contribution in [0.25, 0.3) is 6.08 Å². The first-order chi connectivity index (χ1) is 14.1. The topological polar surface area (TPSA) is 32.3 Å². The highest BCUT2D eigenvalue weighted by atomic mass is 16.1. The van der Waals surface area contributed by atoms with Crippen molar-refractivity contribution in [1.82, 2.24) is 10.2 Å². The van der Waals surface area contributed by atoms with Gasteiger partial charge in [0.15, 0.2) is 5.78 Å². The first-order valence-corrected chi connectivity index (χ1v) is 10.9. The summed E-state index contributed by atoms with van der Waals surface area (Å²) in [5.41, 5.74) is 4.90. The Kier molecular flexibility index (Phi) is 6.27. The van der Waals surface area contributed by atoms with Gasteiger partial charge in [-0.25, -0.2) is 0 Å². The first-order valence-electron chi connectivity index (χ1n) is 10.9. The van der Waals surface area contributed by atoms with Crippen LogP contribution >= 0.6 is 0 Å². The smallest absolute Gasteiger partial charge is 0.159 e. The largest absolute Gasteiger partial charge is 0.311 e. The third-order valence-corrected chi connectivity index (χ3v) is 6.37. The number of nitrogens with one attached hydrogen (secondary N) is 1. The number of likely N-dealkylation sites (tertiary alicyclic amines) is 1. The van der Waals surface area contributed by atoms with Gasteiger partial charge in [-0.3, -0.25) is 9.69 Å². The number of hydrogen-bond donors (Lipinski definition) is 1. The number of hydrogen-bond acceptors (Lipinski definition) is 3. The molecule has 152 valence electrons. The van der Waals surface area contributed by atoms with Crippen LogP contribution in [0.1, 0.15) is 54.6 Å². The van der Waals surface area contributed by atoms with Crippen LogP contribution in [0.5, 0.6) is 0 Å². The standard InChI is InChI=1S/C26H32N2O/c1-19(16-21-6-4-3-5-7-21)25-17-26(25)27-24-12-14-28(15-13-24)18-22-8-10-23(11-9-22)20(2)29/h3-11,16,24-27H,12-15,17-18H2,1-2H3/b19-16+/t25-,26+/m0/s1. The zero-order valence-corrected chi connectivity index (χ0v) is 17.6. The Balaban J connectivity index is 1.21. The lowest BCUT2D eigenvalue weighted by atomic mass is 10.0. The number of carbonyl (C=O) groups excluding carboxylic acids is 1. The summed E-state index contributed by atoms with van der Waals surface area (Å²) in [6, 6.07) is 20.0. The molecule has 2 atom stereocenters. The fourth-order valence-corrected chi connectivity index (χ4v) is 4.47. The van der Waals surface area contributed by atoms with Gasteiger partial charge in [0.05, 0.1) is 0 Å². The van der Waals surface area contributed by atoms with Gasteiger partial charge < -0.3 is 5.32 Å². The van der Waals surface area contributed by atoms with E-state index in [0.29, 0.717) is 18.0 Å². The van der Waals surface area contributed by atoms with Gasteiger partial charge in [0, 0.05) is 24.2 Å². The molecule has 29 heavy (non-hydrogen) atoms. The molecular formula is C26H32N2O. The number of carbonyl (C=O) groups is 1. The summed E-state index contributed by atoms with van der Waals surface area (Å²) in [5.74, 6) is 0.837. The monoisotopic (exact) mass is 388 g/mol. The summed E-state index contributed by atoms with van der Waals surface area (Å²) >= 11 is 0. The highest BCUT2D eigenvalue weighted by molar-refractivity contribution is 5.94. The van der Waals surface area contributed by atoms with E-state index in [1.165, 1.54) is 36.0 Å². The van der Waals surface area contributed by atoms with Crippen molar-refractivity contribution in [2.75, 3.05) is 13.1 Å². The Morgan fingerprint density at radius 1 is 1.03 bits per heavy atom. The van der Waals surface area contributed by atoms with Gasteiger partial charge in [0.2, 0.25) is 0 Å². The maximum Gasteiger partial charge on any atom is 0.159 e. The molecule has 3 nitrogen and oxygen atoms in total. The normalized spacial score (nSPS) is 23.2. The van der Waals surface area contributed by atoms with E-state index in [9.17, 15) is 4.79 Å². The van der Waals surface area contributed by atoms with Crippen LogP contribution in [0.4, 0.5) is 0 Å². The van der Waals surface area contributed by atoms with E-state index in [2.05, 4.69) is 65.7 Å². The maximum absolute atomic E-state index is 11.4. The number of nitrogens with zero attached hydrogens (tertiary/aromatic N) is 1. The number of ketones is 1. The minimum Gasteiger partial charge on any atom is -0.311 e. The zero-order valence-electron chi connectivity index (χ0n) is 17.6.